The van der Waals surface area contributed by atoms with Gasteiger partial charge in [0.15, 0.2) is 11.7 Å². The van der Waals surface area contributed by atoms with E-state index in [1.165, 1.54) is 24.3 Å². The largest absolute Gasteiger partial charge is 0.481 e. The van der Waals surface area contributed by atoms with Gasteiger partial charge in [-0.3, -0.25) is 19.8 Å². The molecule has 0 aromatic heterocycles. The number of amides is 1. The first-order valence-corrected chi connectivity index (χ1v) is 12.1. The number of nitrogens with zero attached hydrogens (tertiary/aromatic N) is 2. The van der Waals surface area contributed by atoms with Gasteiger partial charge >= 0.3 is 5.97 Å². The number of aliphatic carboxylic acids is 1. The third-order valence-electron chi connectivity index (χ3n) is 5.57. The Hall–Kier alpha value is -3.50. The number of ketones is 1. The minimum atomic E-state index is -4.28. The fraction of sp³-hybridized carbons (Fsp3) is 0.476. The van der Waals surface area contributed by atoms with Crippen LogP contribution < -0.4 is 15.8 Å². The van der Waals surface area contributed by atoms with Crippen molar-refractivity contribution in [1.82, 2.24) is 14.9 Å². The number of nitriles is 1. The predicted molar refractivity (Wildman–Crippen MR) is 121 cm³/mol. The van der Waals surface area contributed by atoms with Crippen LogP contribution in [0.15, 0.2) is 29.2 Å². The average molecular weight is 493 g/mol. The van der Waals surface area contributed by atoms with Crippen molar-refractivity contribution in [1.29, 1.82) is 10.7 Å². The van der Waals surface area contributed by atoms with Gasteiger partial charge in [0.2, 0.25) is 15.9 Å². The Kier molecular flexibility index (Phi) is 9.11. The molecule has 13 heteroatoms. The summed E-state index contributed by atoms with van der Waals surface area (Å²) in [6.07, 6.45) is 1.00. The normalized spacial score (nSPS) is 17.8. The Labute approximate surface area is 197 Å². The standard InChI is InChI=1S/C21H28N6O6S/c1-13(20(30)31)19(29)17(26-34(32,33)16-6-4-14(10-22)5-7-16)9-18(28)25-11-15-3-2-8-27(12-15)21(23)24/h4-7,13,15,17,26H,2-3,8-9,11-12H2,1H3,(H3,23,24)(H,25,28)(H,30,31)/t13?,15-,17-/m0/s1. The molecule has 0 bridgehead atoms. The van der Waals surface area contributed by atoms with Crippen LogP contribution in [-0.2, 0) is 24.4 Å². The molecule has 1 aliphatic rings. The van der Waals surface area contributed by atoms with E-state index < -0.39 is 46.1 Å². The van der Waals surface area contributed by atoms with Crippen LogP contribution >= 0.6 is 0 Å². The maximum absolute atomic E-state index is 12.8. The van der Waals surface area contributed by atoms with E-state index in [9.17, 15) is 27.9 Å². The van der Waals surface area contributed by atoms with Crippen molar-refractivity contribution in [2.45, 2.75) is 37.1 Å². The molecule has 1 aliphatic heterocycles. The molecule has 1 unspecified atom stereocenters. The maximum atomic E-state index is 12.8. The number of nitrogens with one attached hydrogen (secondary N) is 3. The molecule has 1 fully saturated rings. The molecule has 0 radical (unpaired) electrons. The molecular weight excluding hydrogens is 464 g/mol. The van der Waals surface area contributed by atoms with E-state index in [1.807, 2.05) is 6.07 Å². The first-order valence-electron chi connectivity index (χ1n) is 10.6. The van der Waals surface area contributed by atoms with Gasteiger partial charge in [0.1, 0.15) is 5.92 Å². The van der Waals surface area contributed by atoms with Crippen LogP contribution in [-0.4, -0.2) is 67.7 Å². The summed E-state index contributed by atoms with van der Waals surface area (Å²) in [5.41, 5.74) is 5.75. The van der Waals surface area contributed by atoms with Crippen LogP contribution in [0.2, 0.25) is 0 Å². The molecule has 12 nitrogen and oxygen atoms in total. The number of Topliss-reactive ketones (excluding diaryl/α,β-unsaturated/α-hetero) is 1. The second-order valence-corrected chi connectivity index (χ2v) is 9.83. The summed E-state index contributed by atoms with van der Waals surface area (Å²) in [5.74, 6) is -4.60. The fourth-order valence-electron chi connectivity index (χ4n) is 3.55. The fourth-order valence-corrected chi connectivity index (χ4v) is 4.76. The Balaban J connectivity index is 2.11. The van der Waals surface area contributed by atoms with Crippen LogP contribution in [0.1, 0.15) is 31.7 Å². The minimum Gasteiger partial charge on any atom is -0.481 e. The van der Waals surface area contributed by atoms with Gasteiger partial charge in [-0.25, -0.2) is 13.1 Å². The smallest absolute Gasteiger partial charge is 0.313 e. The maximum Gasteiger partial charge on any atom is 0.313 e. The van der Waals surface area contributed by atoms with Gasteiger partial charge in [0, 0.05) is 19.6 Å². The van der Waals surface area contributed by atoms with Crippen molar-refractivity contribution in [2.75, 3.05) is 19.6 Å². The highest BCUT2D eigenvalue weighted by molar-refractivity contribution is 7.89. The molecule has 1 aromatic carbocycles. The van der Waals surface area contributed by atoms with Gasteiger partial charge in [-0.05, 0) is 49.9 Å². The molecule has 3 atom stereocenters. The Bertz CT molecular complexity index is 1080. The molecule has 1 amide bonds. The highest BCUT2D eigenvalue weighted by Gasteiger charge is 2.34. The lowest BCUT2D eigenvalue weighted by Crippen LogP contribution is -2.49. The second-order valence-electron chi connectivity index (χ2n) is 8.12. The number of sulfonamides is 1. The van der Waals surface area contributed by atoms with Gasteiger partial charge < -0.3 is 21.1 Å². The molecular formula is C21H28N6O6S. The lowest BCUT2D eigenvalue weighted by atomic mass is 9.97. The number of nitrogens with two attached hydrogens (primary N) is 1. The SMILES string of the molecule is CC(C(=O)O)C(=O)[C@H](CC(=O)NC[C@@H]1CCCN(C(=N)N)C1)NS(=O)(=O)c1ccc(C#N)cc1. The first kappa shape index (κ1) is 26.7. The predicted octanol–water partition coefficient (Wildman–Crippen LogP) is -0.393. The van der Waals surface area contributed by atoms with Gasteiger partial charge in [-0.1, -0.05) is 0 Å². The van der Waals surface area contributed by atoms with E-state index in [0.29, 0.717) is 13.1 Å². The highest BCUT2D eigenvalue weighted by atomic mass is 32.2. The molecule has 2 rings (SSSR count). The monoisotopic (exact) mass is 492 g/mol. The van der Waals surface area contributed by atoms with E-state index in [4.69, 9.17) is 16.4 Å². The molecule has 34 heavy (non-hydrogen) atoms. The lowest BCUT2D eigenvalue weighted by molar-refractivity contribution is -0.146. The van der Waals surface area contributed by atoms with E-state index in [1.54, 1.807) is 4.90 Å². The van der Waals surface area contributed by atoms with E-state index in [0.717, 1.165) is 19.8 Å². The molecule has 1 heterocycles. The van der Waals surface area contributed by atoms with Crippen LogP contribution in [0.4, 0.5) is 0 Å². The Morgan fingerprint density at radius 3 is 2.53 bits per heavy atom. The third kappa shape index (κ3) is 7.26. The van der Waals surface area contributed by atoms with Gasteiger partial charge in [-0.15, -0.1) is 0 Å². The van der Waals surface area contributed by atoms with Crippen LogP contribution in [0.5, 0.6) is 0 Å². The number of rotatable bonds is 10. The van der Waals surface area contributed by atoms with E-state index in [-0.39, 0.29) is 28.9 Å². The number of carboxylic acids is 1. The molecule has 1 saturated heterocycles. The molecule has 0 spiro atoms. The number of carboxylic acid groups (broad SMARTS) is 1. The van der Waals surface area contributed by atoms with Crippen molar-refractivity contribution in [2.24, 2.45) is 17.6 Å². The molecule has 6 N–H and O–H groups in total. The number of carbonyl (C=O) groups excluding carboxylic acids is 2. The van der Waals surface area contributed by atoms with Crippen molar-refractivity contribution in [3.05, 3.63) is 29.8 Å². The van der Waals surface area contributed by atoms with Crippen molar-refractivity contribution in [3.63, 3.8) is 0 Å². The van der Waals surface area contributed by atoms with Gasteiger partial charge in [0.05, 0.1) is 29.0 Å². The second kappa shape index (κ2) is 11.6. The molecule has 184 valence electrons. The summed E-state index contributed by atoms with van der Waals surface area (Å²) < 4.78 is 27.7. The summed E-state index contributed by atoms with van der Waals surface area (Å²) >= 11 is 0. The van der Waals surface area contributed by atoms with Crippen LogP contribution in [0, 0.1) is 28.6 Å². The lowest BCUT2D eigenvalue weighted by Gasteiger charge is -2.33. The summed E-state index contributed by atoms with van der Waals surface area (Å²) in [4.78, 5) is 38.0. The number of hydrogen-bond donors (Lipinski definition) is 5. The van der Waals surface area contributed by atoms with Crippen LogP contribution in [0.3, 0.4) is 0 Å². The zero-order chi connectivity index (χ0) is 25.5. The Morgan fingerprint density at radius 2 is 1.97 bits per heavy atom. The van der Waals surface area contributed by atoms with Gasteiger partial charge in [-0.2, -0.15) is 5.26 Å². The summed E-state index contributed by atoms with van der Waals surface area (Å²) in [7, 11) is -4.28. The van der Waals surface area contributed by atoms with Crippen LogP contribution in [0.25, 0.3) is 0 Å². The minimum absolute atomic E-state index is 0.0176. The first-order chi connectivity index (χ1) is 15.9. The topological polar surface area (TPSA) is 207 Å². The number of hydrogen-bond acceptors (Lipinski definition) is 7. The summed E-state index contributed by atoms with van der Waals surface area (Å²) in [6.45, 7) is 2.49. The average Bonchev–Trinajstić information content (AvgIpc) is 2.81. The number of piperidine rings is 1. The van der Waals surface area contributed by atoms with Crippen molar-refractivity contribution in [3.8, 4) is 6.07 Å². The summed E-state index contributed by atoms with van der Waals surface area (Å²) in [6, 6.07) is 5.17. The van der Waals surface area contributed by atoms with Gasteiger partial charge in [0.25, 0.3) is 0 Å². The van der Waals surface area contributed by atoms with Crippen molar-refractivity contribution >= 4 is 33.6 Å². The van der Waals surface area contributed by atoms with Crippen molar-refractivity contribution < 1.29 is 27.9 Å². The van der Waals surface area contributed by atoms with E-state index >= 15 is 0 Å². The number of carbonyl (C=O) groups is 3. The quantitative estimate of drug-likeness (QED) is 0.163. The number of likely N-dealkylation sites (tertiary alicyclic amines) is 1. The molecule has 0 saturated carbocycles. The zero-order valence-corrected chi connectivity index (χ0v) is 19.5. The summed E-state index contributed by atoms with van der Waals surface area (Å²) in [5, 5.41) is 28.3. The Morgan fingerprint density at radius 1 is 1.32 bits per heavy atom. The number of benzene rings is 1. The molecule has 1 aromatic rings. The molecule has 0 aliphatic carbocycles. The zero-order valence-electron chi connectivity index (χ0n) is 18.7. The highest BCUT2D eigenvalue weighted by Crippen LogP contribution is 2.16. The van der Waals surface area contributed by atoms with E-state index in [2.05, 4.69) is 10.0 Å². The number of guanidine groups is 1. The third-order valence-corrected chi connectivity index (χ3v) is 7.06.